The SMILES string of the molecule is CC(OC=O)c1ccc(N)cc1. The molecule has 3 heteroatoms. The highest BCUT2D eigenvalue weighted by Gasteiger charge is 2.03. The number of anilines is 1. The Morgan fingerprint density at radius 1 is 1.42 bits per heavy atom. The van der Waals surface area contributed by atoms with Crippen LogP contribution in [0.3, 0.4) is 0 Å². The first kappa shape index (κ1) is 8.59. The van der Waals surface area contributed by atoms with E-state index in [4.69, 9.17) is 10.5 Å². The van der Waals surface area contributed by atoms with E-state index in [2.05, 4.69) is 0 Å². The van der Waals surface area contributed by atoms with Crippen LogP contribution < -0.4 is 5.73 Å². The van der Waals surface area contributed by atoms with Gasteiger partial charge in [0, 0.05) is 5.69 Å². The Bertz CT molecular complexity index is 256. The molecular formula is C9H11NO2. The molecule has 0 aromatic heterocycles. The molecule has 0 aliphatic heterocycles. The average molecular weight is 165 g/mol. The Kier molecular flexibility index (Phi) is 2.69. The van der Waals surface area contributed by atoms with E-state index < -0.39 is 0 Å². The van der Waals surface area contributed by atoms with Gasteiger partial charge in [-0.2, -0.15) is 0 Å². The molecule has 0 aliphatic rings. The van der Waals surface area contributed by atoms with Crippen LogP contribution in [0.4, 0.5) is 5.69 Å². The quantitative estimate of drug-likeness (QED) is 0.545. The van der Waals surface area contributed by atoms with Gasteiger partial charge in [0.1, 0.15) is 6.10 Å². The van der Waals surface area contributed by atoms with Gasteiger partial charge < -0.3 is 10.5 Å². The first-order chi connectivity index (χ1) is 5.74. The number of ether oxygens (including phenoxy) is 1. The van der Waals surface area contributed by atoms with Crippen molar-refractivity contribution in [3.63, 3.8) is 0 Å². The van der Waals surface area contributed by atoms with Gasteiger partial charge in [-0.15, -0.1) is 0 Å². The van der Waals surface area contributed by atoms with E-state index in [0.717, 1.165) is 5.56 Å². The fraction of sp³-hybridized carbons (Fsp3) is 0.222. The highest BCUT2D eigenvalue weighted by molar-refractivity contribution is 5.42. The van der Waals surface area contributed by atoms with Gasteiger partial charge in [-0.1, -0.05) is 12.1 Å². The third kappa shape index (κ3) is 1.99. The second-order valence-corrected chi connectivity index (χ2v) is 2.54. The lowest BCUT2D eigenvalue weighted by molar-refractivity contribution is -0.133. The van der Waals surface area contributed by atoms with E-state index in [1.54, 1.807) is 19.1 Å². The van der Waals surface area contributed by atoms with Crippen LogP contribution >= 0.6 is 0 Å². The molecule has 0 saturated carbocycles. The number of benzene rings is 1. The van der Waals surface area contributed by atoms with Crippen LogP contribution in [-0.4, -0.2) is 6.47 Å². The van der Waals surface area contributed by atoms with Gasteiger partial charge in [0.25, 0.3) is 6.47 Å². The molecule has 0 fully saturated rings. The molecule has 0 spiro atoms. The predicted octanol–water partition coefficient (Wildman–Crippen LogP) is 1.50. The fourth-order valence-corrected chi connectivity index (χ4v) is 0.929. The van der Waals surface area contributed by atoms with Gasteiger partial charge in [-0.3, -0.25) is 4.79 Å². The normalized spacial score (nSPS) is 12.1. The number of carbonyl (C=O) groups excluding carboxylic acids is 1. The van der Waals surface area contributed by atoms with Gasteiger partial charge >= 0.3 is 0 Å². The summed E-state index contributed by atoms with van der Waals surface area (Å²) >= 11 is 0. The molecule has 3 nitrogen and oxygen atoms in total. The van der Waals surface area contributed by atoms with Crippen LogP contribution in [0.5, 0.6) is 0 Å². The van der Waals surface area contributed by atoms with Crippen molar-refractivity contribution >= 4 is 12.2 Å². The molecule has 1 unspecified atom stereocenters. The summed E-state index contributed by atoms with van der Waals surface area (Å²) in [7, 11) is 0. The summed E-state index contributed by atoms with van der Waals surface area (Å²) in [4.78, 5) is 10.0. The van der Waals surface area contributed by atoms with Crippen molar-refractivity contribution in [3.8, 4) is 0 Å². The van der Waals surface area contributed by atoms with Gasteiger partial charge in [0.05, 0.1) is 0 Å². The summed E-state index contributed by atoms with van der Waals surface area (Å²) in [5.41, 5.74) is 7.14. The van der Waals surface area contributed by atoms with Crippen molar-refractivity contribution in [2.45, 2.75) is 13.0 Å². The molecule has 0 amide bonds. The standard InChI is InChI=1S/C9H11NO2/c1-7(12-6-11)8-2-4-9(10)5-3-8/h2-7H,10H2,1H3. The number of hydrogen-bond donors (Lipinski definition) is 1. The highest BCUT2D eigenvalue weighted by Crippen LogP contribution is 2.16. The zero-order chi connectivity index (χ0) is 8.97. The second-order valence-electron chi connectivity index (χ2n) is 2.54. The lowest BCUT2D eigenvalue weighted by Gasteiger charge is -2.08. The molecule has 1 aromatic carbocycles. The maximum Gasteiger partial charge on any atom is 0.293 e. The van der Waals surface area contributed by atoms with Crippen LogP contribution in [0.15, 0.2) is 24.3 Å². The Morgan fingerprint density at radius 2 is 2.00 bits per heavy atom. The second kappa shape index (κ2) is 3.76. The van der Waals surface area contributed by atoms with E-state index in [1.165, 1.54) is 0 Å². The molecule has 64 valence electrons. The Balaban J connectivity index is 2.74. The molecule has 0 radical (unpaired) electrons. The number of hydrogen-bond acceptors (Lipinski definition) is 3. The van der Waals surface area contributed by atoms with Gasteiger partial charge in [0.2, 0.25) is 0 Å². The van der Waals surface area contributed by atoms with Gasteiger partial charge in [-0.05, 0) is 24.6 Å². The predicted molar refractivity (Wildman–Crippen MR) is 46.4 cm³/mol. The first-order valence-electron chi connectivity index (χ1n) is 3.68. The van der Waals surface area contributed by atoms with Crippen molar-refractivity contribution in [1.82, 2.24) is 0 Å². The van der Waals surface area contributed by atoms with E-state index in [9.17, 15) is 4.79 Å². The van der Waals surface area contributed by atoms with Crippen molar-refractivity contribution in [3.05, 3.63) is 29.8 Å². The van der Waals surface area contributed by atoms with Crippen molar-refractivity contribution in [2.75, 3.05) is 5.73 Å². The molecule has 1 aromatic rings. The smallest absolute Gasteiger partial charge is 0.293 e. The summed E-state index contributed by atoms with van der Waals surface area (Å²) in [6.45, 7) is 2.25. The average Bonchev–Trinajstić information content (AvgIpc) is 2.06. The van der Waals surface area contributed by atoms with Crippen LogP contribution in [0.2, 0.25) is 0 Å². The molecule has 2 N–H and O–H groups in total. The Labute approximate surface area is 71.1 Å². The highest BCUT2D eigenvalue weighted by atomic mass is 16.5. The van der Waals surface area contributed by atoms with Crippen molar-refractivity contribution in [1.29, 1.82) is 0 Å². The summed E-state index contributed by atoms with van der Waals surface area (Å²) in [6.07, 6.45) is -0.205. The minimum absolute atomic E-state index is 0.205. The molecule has 0 heterocycles. The number of rotatable bonds is 3. The zero-order valence-corrected chi connectivity index (χ0v) is 6.86. The van der Waals surface area contributed by atoms with Crippen LogP contribution in [0.1, 0.15) is 18.6 Å². The van der Waals surface area contributed by atoms with Gasteiger partial charge in [0.15, 0.2) is 0 Å². The van der Waals surface area contributed by atoms with Crippen molar-refractivity contribution in [2.24, 2.45) is 0 Å². The van der Waals surface area contributed by atoms with Crippen LogP contribution in [0, 0.1) is 0 Å². The minimum atomic E-state index is -0.205. The van der Waals surface area contributed by atoms with E-state index in [0.29, 0.717) is 12.2 Å². The third-order valence-electron chi connectivity index (χ3n) is 1.67. The number of nitrogen functional groups attached to an aromatic ring is 1. The zero-order valence-electron chi connectivity index (χ0n) is 6.86. The molecule has 0 aliphatic carbocycles. The van der Waals surface area contributed by atoms with Crippen molar-refractivity contribution < 1.29 is 9.53 Å². The number of nitrogens with two attached hydrogens (primary N) is 1. The topological polar surface area (TPSA) is 52.3 Å². The molecule has 0 bridgehead atoms. The van der Waals surface area contributed by atoms with Crippen LogP contribution in [0.25, 0.3) is 0 Å². The van der Waals surface area contributed by atoms with E-state index in [-0.39, 0.29) is 6.10 Å². The van der Waals surface area contributed by atoms with E-state index >= 15 is 0 Å². The summed E-state index contributed by atoms with van der Waals surface area (Å²) in [5.74, 6) is 0. The molecule has 1 atom stereocenters. The Morgan fingerprint density at radius 3 is 2.50 bits per heavy atom. The maximum absolute atomic E-state index is 10.0. The first-order valence-corrected chi connectivity index (χ1v) is 3.68. The van der Waals surface area contributed by atoms with E-state index in [1.807, 2.05) is 12.1 Å². The third-order valence-corrected chi connectivity index (χ3v) is 1.67. The summed E-state index contributed by atoms with van der Waals surface area (Å²) < 4.78 is 4.75. The van der Waals surface area contributed by atoms with Crippen LogP contribution in [-0.2, 0) is 9.53 Å². The maximum atomic E-state index is 10.0. The largest absolute Gasteiger partial charge is 0.460 e. The lowest BCUT2D eigenvalue weighted by atomic mass is 10.1. The molecule has 1 rings (SSSR count). The molecule has 0 saturated heterocycles. The summed E-state index contributed by atoms with van der Waals surface area (Å²) in [6, 6.07) is 7.23. The molecule has 12 heavy (non-hydrogen) atoms. The Hall–Kier alpha value is -1.51. The number of carbonyl (C=O) groups is 1. The monoisotopic (exact) mass is 165 g/mol. The molecular weight excluding hydrogens is 154 g/mol. The minimum Gasteiger partial charge on any atom is -0.460 e. The fourth-order valence-electron chi connectivity index (χ4n) is 0.929. The summed E-state index contributed by atoms with van der Waals surface area (Å²) in [5, 5.41) is 0. The lowest BCUT2D eigenvalue weighted by Crippen LogP contribution is -1.97. The van der Waals surface area contributed by atoms with Gasteiger partial charge in [-0.25, -0.2) is 0 Å².